The Morgan fingerprint density at radius 3 is 2.29 bits per heavy atom. The number of likely N-dealkylation sites (tertiary alicyclic amines) is 1. The van der Waals surface area contributed by atoms with Crippen molar-refractivity contribution in [3.05, 3.63) is 53.3 Å². The Hall–Kier alpha value is -1.92. The van der Waals surface area contributed by atoms with Crippen LogP contribution >= 0.6 is 0 Å². The molecule has 0 radical (unpaired) electrons. The quantitative estimate of drug-likeness (QED) is 0.667. The maximum atomic E-state index is 14.5. The van der Waals surface area contributed by atoms with Crippen LogP contribution in [-0.4, -0.2) is 43.8 Å². The van der Waals surface area contributed by atoms with Gasteiger partial charge >= 0.3 is 0 Å². The lowest BCUT2D eigenvalue weighted by Gasteiger charge is -2.48. The first-order chi connectivity index (χ1) is 14.4. The highest BCUT2D eigenvalue weighted by Gasteiger charge is 2.41. The molecule has 0 unspecified atom stereocenters. The second-order valence-corrected chi connectivity index (χ2v) is 12.3. The summed E-state index contributed by atoms with van der Waals surface area (Å²) in [5.41, 5.74) is 3.14. The van der Waals surface area contributed by atoms with Crippen molar-refractivity contribution in [2.75, 3.05) is 19.3 Å². The van der Waals surface area contributed by atoms with Gasteiger partial charge in [0, 0.05) is 30.4 Å². The van der Waals surface area contributed by atoms with Gasteiger partial charge in [0.05, 0.1) is 5.75 Å². The molecule has 2 aromatic rings. The van der Waals surface area contributed by atoms with Gasteiger partial charge < -0.3 is 4.74 Å². The van der Waals surface area contributed by atoms with E-state index in [4.69, 9.17) is 4.74 Å². The highest BCUT2D eigenvalue weighted by atomic mass is 32.2. The van der Waals surface area contributed by atoms with Gasteiger partial charge in [-0.3, -0.25) is 4.90 Å². The largest absolute Gasteiger partial charge is 0.487 e. The summed E-state index contributed by atoms with van der Waals surface area (Å²) in [6.07, 6.45) is 5.15. The normalized spacial score (nSPS) is 19.1. The Labute approximate surface area is 185 Å². The second kappa shape index (κ2) is 7.89. The Morgan fingerprint density at radius 1 is 1.03 bits per heavy atom. The predicted octanol–water partition coefficient (Wildman–Crippen LogP) is 5.00. The van der Waals surface area contributed by atoms with Gasteiger partial charge in [-0.15, -0.1) is 0 Å². The second-order valence-electron chi connectivity index (χ2n) is 10.1. The van der Waals surface area contributed by atoms with Crippen molar-refractivity contribution >= 4 is 9.84 Å². The van der Waals surface area contributed by atoms with E-state index in [9.17, 15) is 12.8 Å². The molecule has 1 fully saturated rings. The minimum absolute atomic E-state index is 0.0737. The van der Waals surface area contributed by atoms with Crippen LogP contribution in [0.25, 0.3) is 11.1 Å². The number of aryl methyl sites for hydroxylation is 1. The van der Waals surface area contributed by atoms with E-state index in [-0.39, 0.29) is 22.5 Å². The molecule has 4 rings (SSSR count). The van der Waals surface area contributed by atoms with Crippen LogP contribution in [0.3, 0.4) is 0 Å². The first-order valence-corrected chi connectivity index (χ1v) is 13.0. The molecule has 168 valence electrons. The van der Waals surface area contributed by atoms with Crippen LogP contribution in [0.15, 0.2) is 36.4 Å². The van der Waals surface area contributed by atoms with Gasteiger partial charge in [-0.1, -0.05) is 18.2 Å². The average Bonchev–Trinajstić information content (AvgIpc) is 2.68. The lowest BCUT2D eigenvalue weighted by molar-refractivity contribution is -0.0355. The molecule has 2 aromatic carbocycles. The third-order valence-corrected chi connectivity index (χ3v) is 7.50. The highest BCUT2D eigenvalue weighted by Crippen LogP contribution is 2.41. The van der Waals surface area contributed by atoms with E-state index >= 15 is 0 Å². The first-order valence-electron chi connectivity index (χ1n) is 11.0. The summed E-state index contributed by atoms with van der Waals surface area (Å²) in [6.45, 7) is 8.90. The molecule has 2 aliphatic heterocycles. The minimum atomic E-state index is -3.27. The van der Waals surface area contributed by atoms with Gasteiger partial charge in [0.1, 0.15) is 17.2 Å². The van der Waals surface area contributed by atoms with Gasteiger partial charge in [0.2, 0.25) is 0 Å². The van der Waals surface area contributed by atoms with Crippen LogP contribution in [-0.2, 0) is 22.0 Å². The fourth-order valence-corrected chi connectivity index (χ4v) is 5.56. The topological polar surface area (TPSA) is 46.6 Å². The summed E-state index contributed by atoms with van der Waals surface area (Å²) < 4.78 is 44.0. The van der Waals surface area contributed by atoms with Crippen LogP contribution < -0.4 is 4.74 Å². The summed E-state index contributed by atoms with van der Waals surface area (Å²) in [5, 5.41) is 0. The number of hydrogen-bond acceptors (Lipinski definition) is 4. The molecule has 1 spiro atoms. The van der Waals surface area contributed by atoms with Crippen molar-refractivity contribution in [3.8, 4) is 16.9 Å². The Balaban J connectivity index is 1.51. The van der Waals surface area contributed by atoms with Crippen LogP contribution in [0.1, 0.15) is 51.2 Å². The maximum absolute atomic E-state index is 14.5. The predicted molar refractivity (Wildman–Crippen MR) is 123 cm³/mol. The zero-order valence-corrected chi connectivity index (χ0v) is 19.7. The molecule has 0 bridgehead atoms. The van der Waals surface area contributed by atoms with E-state index in [2.05, 4.69) is 31.7 Å². The molecule has 1 saturated heterocycles. The highest BCUT2D eigenvalue weighted by molar-refractivity contribution is 7.89. The monoisotopic (exact) mass is 445 g/mol. The van der Waals surface area contributed by atoms with E-state index in [1.165, 1.54) is 6.07 Å². The molecule has 0 aromatic heterocycles. The molecule has 4 nitrogen and oxygen atoms in total. The molecule has 0 N–H and O–H groups in total. The molecule has 0 aliphatic carbocycles. The van der Waals surface area contributed by atoms with E-state index < -0.39 is 15.7 Å². The molecule has 31 heavy (non-hydrogen) atoms. The molecular weight excluding hydrogens is 413 g/mol. The third kappa shape index (κ3) is 4.96. The van der Waals surface area contributed by atoms with Gasteiger partial charge in [-0.05, 0) is 81.3 Å². The molecule has 0 saturated carbocycles. The summed E-state index contributed by atoms with van der Waals surface area (Å²) in [6, 6.07) is 10.8. The Kier molecular flexibility index (Phi) is 5.67. The van der Waals surface area contributed by atoms with Gasteiger partial charge in [-0.25, -0.2) is 12.8 Å². The molecular formula is C25H32FNO3S. The van der Waals surface area contributed by atoms with Crippen molar-refractivity contribution in [3.63, 3.8) is 0 Å². The number of piperidine rings is 1. The van der Waals surface area contributed by atoms with Crippen molar-refractivity contribution in [2.45, 2.75) is 63.3 Å². The standard InChI is InChI=1S/C25H32FNO3S/c1-24(2,3)27-13-11-25(12-14-27)10-9-20-15-18(7-8-23(20)30-25)19-5-6-21(22(26)16-19)17-31(4,28)29/h5-8,15-16H,9-14,17H2,1-4H3. The third-order valence-electron chi connectivity index (χ3n) is 6.66. The van der Waals surface area contributed by atoms with Crippen LogP contribution in [0, 0.1) is 5.82 Å². The first kappa shape index (κ1) is 22.3. The fourth-order valence-electron chi connectivity index (χ4n) is 4.76. The Bertz CT molecular complexity index is 1080. The zero-order chi connectivity index (χ0) is 22.4. The van der Waals surface area contributed by atoms with E-state index in [0.29, 0.717) is 0 Å². The van der Waals surface area contributed by atoms with E-state index in [1.54, 1.807) is 12.1 Å². The van der Waals surface area contributed by atoms with E-state index in [0.717, 1.165) is 67.5 Å². The molecule has 2 aliphatic rings. The molecule has 2 heterocycles. The van der Waals surface area contributed by atoms with Crippen molar-refractivity contribution in [1.82, 2.24) is 4.90 Å². The molecule has 6 heteroatoms. The number of ether oxygens (including phenoxy) is 1. The zero-order valence-electron chi connectivity index (χ0n) is 18.9. The van der Waals surface area contributed by atoms with Gasteiger partial charge in [0.25, 0.3) is 0 Å². The van der Waals surface area contributed by atoms with Crippen LogP contribution in [0.4, 0.5) is 4.39 Å². The number of benzene rings is 2. The number of sulfone groups is 1. The lowest BCUT2D eigenvalue weighted by atomic mass is 9.81. The Morgan fingerprint density at radius 2 is 1.68 bits per heavy atom. The van der Waals surface area contributed by atoms with Gasteiger partial charge in [-0.2, -0.15) is 0 Å². The molecule has 0 atom stereocenters. The van der Waals surface area contributed by atoms with Crippen molar-refractivity contribution in [2.24, 2.45) is 0 Å². The number of rotatable bonds is 3. The minimum Gasteiger partial charge on any atom is -0.487 e. The summed E-state index contributed by atoms with van der Waals surface area (Å²) in [4.78, 5) is 2.53. The maximum Gasteiger partial charge on any atom is 0.151 e. The lowest BCUT2D eigenvalue weighted by Crippen LogP contribution is -2.54. The van der Waals surface area contributed by atoms with Gasteiger partial charge in [0.15, 0.2) is 9.84 Å². The number of fused-ring (bicyclic) bond motifs is 1. The summed E-state index contributed by atoms with van der Waals surface area (Å²) in [5.74, 6) is 0.168. The summed E-state index contributed by atoms with van der Waals surface area (Å²) >= 11 is 0. The smallest absolute Gasteiger partial charge is 0.151 e. The van der Waals surface area contributed by atoms with Crippen molar-refractivity contribution in [1.29, 1.82) is 0 Å². The molecule has 0 amide bonds. The SMILES string of the molecule is CC(C)(C)N1CCC2(CCc3cc(-c4ccc(CS(C)(=O)=O)c(F)c4)ccc3O2)CC1. The van der Waals surface area contributed by atoms with E-state index in [1.807, 2.05) is 12.1 Å². The van der Waals surface area contributed by atoms with Crippen LogP contribution in [0.5, 0.6) is 5.75 Å². The average molecular weight is 446 g/mol. The summed E-state index contributed by atoms with van der Waals surface area (Å²) in [7, 11) is -3.27. The number of nitrogens with zero attached hydrogens (tertiary/aromatic N) is 1. The number of hydrogen-bond donors (Lipinski definition) is 0. The number of halogens is 1. The van der Waals surface area contributed by atoms with Crippen LogP contribution in [0.2, 0.25) is 0 Å². The fraction of sp³-hybridized carbons (Fsp3) is 0.520. The van der Waals surface area contributed by atoms with Crippen molar-refractivity contribution < 1.29 is 17.5 Å².